The number of aliphatic hydroxyl groups is 1. The summed E-state index contributed by atoms with van der Waals surface area (Å²) in [5.41, 5.74) is 2.14. The lowest BCUT2D eigenvalue weighted by molar-refractivity contribution is 0.0175. The van der Waals surface area contributed by atoms with Crippen LogP contribution in [0.1, 0.15) is 40.3 Å². The third kappa shape index (κ3) is 5.10. The molecule has 32 heavy (non-hydrogen) atoms. The molecule has 5 nitrogen and oxygen atoms in total. The molecule has 9 heteroatoms. The van der Waals surface area contributed by atoms with E-state index >= 15 is 0 Å². The molecule has 0 fully saturated rings. The summed E-state index contributed by atoms with van der Waals surface area (Å²) in [7, 11) is 0. The first-order valence-corrected chi connectivity index (χ1v) is 11.3. The largest absolute Gasteiger partial charge is 0.480 e. The number of aliphatic hydroxyl groups excluding tert-OH is 1. The molecule has 0 saturated carbocycles. The summed E-state index contributed by atoms with van der Waals surface area (Å²) >= 11 is 5.37. The monoisotopic (exact) mass is 617 g/mol. The molecule has 0 aliphatic carbocycles. The van der Waals surface area contributed by atoms with Gasteiger partial charge in [-0.3, -0.25) is 4.79 Å². The molecule has 0 unspecified atom stereocenters. The van der Waals surface area contributed by atoms with Crippen LogP contribution in [0, 0.1) is 10.5 Å². The number of aliphatic imine (C=N–C) groups is 1. The van der Waals surface area contributed by atoms with Gasteiger partial charge in [0.1, 0.15) is 11.5 Å². The lowest BCUT2D eigenvalue weighted by Crippen LogP contribution is -2.13. The number of carbonyl (C=O) groups excluding carboxylic acids is 1. The van der Waals surface area contributed by atoms with Gasteiger partial charge in [-0.1, -0.05) is 24.3 Å². The standard InChI is InChI=1S/C23H19BrF2INO4/c1-12-17(9-8-16(27)20(12)22(30)28-3)31-19(11-29)18-10-15(21(24)32-18)13-4-6-14(7-5-13)23(2,25)26/h4-10,19,29H,3,11H2,1-2H3/t19-/m1/s1. The van der Waals surface area contributed by atoms with Gasteiger partial charge in [0.15, 0.2) is 10.8 Å². The normalized spacial score (nSPS) is 12.5. The molecule has 3 aromatic rings. The Morgan fingerprint density at radius 3 is 2.53 bits per heavy atom. The Kier molecular flexibility index (Phi) is 7.51. The molecule has 3 rings (SSSR count). The van der Waals surface area contributed by atoms with E-state index in [-0.39, 0.29) is 5.56 Å². The van der Waals surface area contributed by atoms with E-state index in [0.717, 1.165) is 6.92 Å². The molecule has 1 atom stereocenters. The Bertz CT molecular complexity index is 1160. The third-order valence-electron chi connectivity index (χ3n) is 4.88. The van der Waals surface area contributed by atoms with Crippen LogP contribution in [0.5, 0.6) is 5.75 Å². The summed E-state index contributed by atoms with van der Waals surface area (Å²) in [6.45, 7) is 5.46. The Hall–Kier alpha value is -2.11. The first kappa shape index (κ1) is 24.5. The molecule has 1 heterocycles. The minimum atomic E-state index is -2.93. The topological polar surface area (TPSA) is 72.0 Å². The summed E-state index contributed by atoms with van der Waals surface area (Å²) in [6.07, 6.45) is -0.863. The molecule has 1 aromatic heterocycles. The number of carbonyl (C=O) groups is 1. The van der Waals surface area contributed by atoms with E-state index in [1.54, 1.807) is 37.3 Å². The molecule has 1 N–H and O–H groups in total. The fourth-order valence-corrected chi connectivity index (χ4v) is 4.50. The second-order valence-corrected chi connectivity index (χ2v) is 8.98. The van der Waals surface area contributed by atoms with E-state index in [2.05, 4.69) is 27.6 Å². The van der Waals surface area contributed by atoms with Crippen LogP contribution < -0.4 is 4.74 Å². The SMILES string of the molecule is C=NC(=O)c1c(I)ccc(O[C@H](CO)c2cc(-c3ccc(C(C)(F)F)cc3)c(Br)o2)c1C. The number of amides is 1. The molecule has 2 aromatic carbocycles. The average molecular weight is 618 g/mol. The van der Waals surface area contributed by atoms with Gasteiger partial charge in [0.05, 0.1) is 12.2 Å². The van der Waals surface area contributed by atoms with E-state index in [1.165, 1.54) is 12.1 Å². The van der Waals surface area contributed by atoms with E-state index in [4.69, 9.17) is 9.15 Å². The molecule has 0 aliphatic rings. The lowest BCUT2D eigenvalue weighted by atomic mass is 10.0. The third-order valence-corrected chi connectivity index (χ3v) is 6.37. The number of benzene rings is 2. The van der Waals surface area contributed by atoms with Crippen molar-refractivity contribution in [2.24, 2.45) is 4.99 Å². The average Bonchev–Trinajstić information content (AvgIpc) is 3.14. The maximum Gasteiger partial charge on any atom is 0.277 e. The minimum Gasteiger partial charge on any atom is -0.480 e. The van der Waals surface area contributed by atoms with Gasteiger partial charge in [0.25, 0.3) is 11.8 Å². The molecule has 0 saturated heterocycles. The van der Waals surface area contributed by atoms with Gasteiger partial charge >= 0.3 is 0 Å². The summed E-state index contributed by atoms with van der Waals surface area (Å²) < 4.78 is 39.7. The molecule has 168 valence electrons. The fourth-order valence-electron chi connectivity index (χ4n) is 3.15. The van der Waals surface area contributed by atoms with E-state index in [1.807, 2.05) is 22.6 Å². The van der Waals surface area contributed by atoms with Crippen LogP contribution in [-0.2, 0) is 5.92 Å². The maximum atomic E-state index is 13.5. The summed E-state index contributed by atoms with van der Waals surface area (Å²) in [5, 5.41) is 9.93. The van der Waals surface area contributed by atoms with Crippen molar-refractivity contribution in [2.75, 3.05) is 6.61 Å². The minimum absolute atomic E-state index is 0.0915. The summed E-state index contributed by atoms with van der Waals surface area (Å²) in [5.74, 6) is -2.69. The van der Waals surface area contributed by atoms with Gasteiger partial charge < -0.3 is 14.3 Å². The van der Waals surface area contributed by atoms with Gasteiger partial charge in [0, 0.05) is 27.2 Å². The summed E-state index contributed by atoms with van der Waals surface area (Å²) in [4.78, 5) is 15.6. The highest BCUT2D eigenvalue weighted by Crippen LogP contribution is 2.37. The van der Waals surface area contributed by atoms with Gasteiger partial charge in [-0.15, -0.1) is 0 Å². The Morgan fingerprint density at radius 1 is 1.31 bits per heavy atom. The Morgan fingerprint density at radius 2 is 1.97 bits per heavy atom. The highest BCUT2D eigenvalue weighted by molar-refractivity contribution is 14.1. The van der Waals surface area contributed by atoms with Gasteiger partial charge in [0.2, 0.25) is 0 Å². The van der Waals surface area contributed by atoms with Crippen LogP contribution in [0.25, 0.3) is 11.1 Å². The van der Waals surface area contributed by atoms with Crippen LogP contribution in [0.2, 0.25) is 0 Å². The number of nitrogens with zero attached hydrogens (tertiary/aromatic N) is 1. The number of ether oxygens (including phenoxy) is 1. The zero-order chi connectivity index (χ0) is 23.6. The molecule has 0 bridgehead atoms. The van der Waals surface area contributed by atoms with Crippen molar-refractivity contribution in [3.63, 3.8) is 0 Å². The van der Waals surface area contributed by atoms with E-state index < -0.39 is 24.5 Å². The number of furan rings is 1. The van der Waals surface area contributed by atoms with Crippen molar-refractivity contribution >= 4 is 51.1 Å². The number of hydrogen-bond acceptors (Lipinski definition) is 4. The molecule has 0 radical (unpaired) electrons. The number of hydrogen-bond donors (Lipinski definition) is 1. The molecular weight excluding hydrogens is 599 g/mol. The summed E-state index contributed by atoms with van der Waals surface area (Å²) in [6, 6.07) is 10.9. The van der Waals surface area contributed by atoms with Crippen LogP contribution in [0.15, 0.2) is 56.5 Å². The Labute approximate surface area is 205 Å². The van der Waals surface area contributed by atoms with Crippen LogP contribution in [0.4, 0.5) is 8.78 Å². The predicted octanol–water partition coefficient (Wildman–Crippen LogP) is 6.69. The second-order valence-electron chi connectivity index (χ2n) is 7.10. The van der Waals surface area contributed by atoms with Crippen molar-refractivity contribution in [1.29, 1.82) is 0 Å². The zero-order valence-electron chi connectivity index (χ0n) is 17.2. The Balaban J connectivity index is 1.92. The van der Waals surface area contributed by atoms with Crippen LogP contribution in [-0.4, -0.2) is 24.3 Å². The smallest absolute Gasteiger partial charge is 0.277 e. The van der Waals surface area contributed by atoms with Gasteiger partial charge in [-0.25, -0.2) is 13.8 Å². The lowest BCUT2D eigenvalue weighted by Gasteiger charge is -2.18. The van der Waals surface area contributed by atoms with Gasteiger partial charge in [-0.05, 0) is 75.9 Å². The zero-order valence-corrected chi connectivity index (χ0v) is 20.9. The molecular formula is C23H19BrF2INO4. The van der Waals surface area contributed by atoms with Gasteiger partial charge in [-0.2, -0.15) is 0 Å². The van der Waals surface area contributed by atoms with Crippen molar-refractivity contribution < 1.29 is 27.8 Å². The van der Waals surface area contributed by atoms with E-state index in [9.17, 15) is 18.7 Å². The maximum absolute atomic E-state index is 13.5. The number of alkyl halides is 2. The highest BCUT2D eigenvalue weighted by Gasteiger charge is 2.25. The number of rotatable bonds is 7. The van der Waals surface area contributed by atoms with Crippen LogP contribution in [0.3, 0.4) is 0 Å². The molecule has 0 aliphatic heterocycles. The van der Waals surface area contributed by atoms with Crippen molar-refractivity contribution in [1.82, 2.24) is 0 Å². The van der Waals surface area contributed by atoms with Crippen molar-refractivity contribution in [3.05, 3.63) is 73.2 Å². The highest BCUT2D eigenvalue weighted by atomic mass is 127. The quantitative estimate of drug-likeness (QED) is 0.237. The fraction of sp³-hybridized carbons (Fsp3) is 0.217. The van der Waals surface area contributed by atoms with Crippen LogP contribution >= 0.6 is 38.5 Å². The first-order chi connectivity index (χ1) is 15.1. The second kappa shape index (κ2) is 9.80. The van der Waals surface area contributed by atoms with Crippen molar-refractivity contribution in [3.8, 4) is 16.9 Å². The molecule has 1 amide bonds. The number of halogens is 4. The predicted molar refractivity (Wildman–Crippen MR) is 130 cm³/mol. The van der Waals surface area contributed by atoms with Crippen molar-refractivity contribution in [2.45, 2.75) is 25.9 Å². The van der Waals surface area contributed by atoms with E-state index in [0.29, 0.717) is 42.0 Å². The first-order valence-electron chi connectivity index (χ1n) is 9.42. The molecule has 0 spiro atoms.